The Bertz CT molecular complexity index is 1940. The third-order valence-corrected chi connectivity index (χ3v) is 21.1. The Morgan fingerprint density at radius 2 is 0.510 bits per heavy atom. The van der Waals surface area contributed by atoms with Crippen molar-refractivity contribution in [1.29, 1.82) is 0 Å². The highest BCUT2D eigenvalue weighted by atomic mass is 31.2. The first-order valence-corrected chi connectivity index (χ1v) is 44.9. The molecule has 594 valence electrons. The van der Waals surface area contributed by atoms with Crippen molar-refractivity contribution in [3.05, 3.63) is 0 Å². The number of hydrogen-bond acceptors (Lipinski definition) is 15. The van der Waals surface area contributed by atoms with E-state index in [1.807, 2.05) is 0 Å². The van der Waals surface area contributed by atoms with Crippen LogP contribution in [0, 0.1) is 17.8 Å². The molecule has 6 atom stereocenters. The Hall–Kier alpha value is -1.94. The van der Waals surface area contributed by atoms with Gasteiger partial charge in [0.25, 0.3) is 0 Å². The highest BCUT2D eigenvalue weighted by Crippen LogP contribution is 2.45. The van der Waals surface area contributed by atoms with Crippen LogP contribution in [0.5, 0.6) is 0 Å². The monoisotopic (exact) mass is 1470 g/mol. The molecular formula is C81H158O17P2. The summed E-state index contributed by atoms with van der Waals surface area (Å²) >= 11 is 0. The number of carbonyl (C=O) groups is 4. The van der Waals surface area contributed by atoms with E-state index in [9.17, 15) is 43.2 Å². The fourth-order valence-electron chi connectivity index (χ4n) is 12.5. The number of carbonyl (C=O) groups excluding carboxylic acids is 4. The standard InChI is InChI=1S/C81H158O17P2/c1-8-10-11-12-13-14-15-16-17-18-19-20-21-26-29-32-35-41-50-57-64-80(85)97-76(68-91-78(83)62-55-48-40-34-31-28-25-23-22-24-27-30-33-38-45-52-59-72(3)4)70-95-99(87,88)93-66-75(82)67-94-100(89,90)96-71-77(69-92-79(84)63-56-49-44-43-46-53-60-73(5)6)98-81(86)65-58-51-42-37-36-39-47-54-61-74(7)9-2/h72-77,82H,8-71H2,1-7H3,(H,87,88)(H,89,90)/t74?,75-,76-,77-/m1/s1. The highest BCUT2D eigenvalue weighted by Gasteiger charge is 2.30. The third-order valence-electron chi connectivity index (χ3n) is 19.2. The van der Waals surface area contributed by atoms with Crippen LogP contribution in [0.2, 0.25) is 0 Å². The molecule has 0 aromatic rings. The van der Waals surface area contributed by atoms with Gasteiger partial charge in [0.05, 0.1) is 26.4 Å². The molecule has 17 nitrogen and oxygen atoms in total. The second-order valence-electron chi connectivity index (χ2n) is 30.4. The van der Waals surface area contributed by atoms with Crippen LogP contribution in [0.25, 0.3) is 0 Å². The Labute approximate surface area is 613 Å². The van der Waals surface area contributed by atoms with Gasteiger partial charge in [-0.25, -0.2) is 9.13 Å². The summed E-state index contributed by atoms with van der Waals surface area (Å²) in [5, 5.41) is 10.6. The zero-order chi connectivity index (χ0) is 73.7. The quantitative estimate of drug-likeness (QED) is 0.0222. The predicted octanol–water partition coefficient (Wildman–Crippen LogP) is 24.1. The number of phosphoric ester groups is 2. The highest BCUT2D eigenvalue weighted by molar-refractivity contribution is 7.47. The SMILES string of the molecule is CCCCCCCCCCCCCCCCCCCCCCC(=O)O[C@H](COC(=O)CCCCCCCCCCCCCCCCCCC(C)C)COP(=O)(O)OC[C@@H](O)COP(=O)(O)OC[C@@H](COC(=O)CCCCCCCCC(C)C)OC(=O)CCCCCCCCCCC(C)CC. The zero-order valence-electron chi connectivity index (χ0n) is 65.7. The van der Waals surface area contributed by atoms with Gasteiger partial charge in [-0.2, -0.15) is 0 Å². The van der Waals surface area contributed by atoms with Crippen molar-refractivity contribution in [1.82, 2.24) is 0 Å². The number of unbranched alkanes of at least 4 members (excludes halogenated alkanes) is 46. The van der Waals surface area contributed by atoms with Crippen LogP contribution >= 0.6 is 15.6 Å². The van der Waals surface area contributed by atoms with Gasteiger partial charge in [0.1, 0.15) is 19.3 Å². The van der Waals surface area contributed by atoms with Crippen molar-refractivity contribution in [3.8, 4) is 0 Å². The van der Waals surface area contributed by atoms with Crippen molar-refractivity contribution in [2.75, 3.05) is 39.6 Å². The van der Waals surface area contributed by atoms with Crippen molar-refractivity contribution in [3.63, 3.8) is 0 Å². The number of aliphatic hydroxyl groups is 1. The number of phosphoric acid groups is 2. The summed E-state index contributed by atoms with van der Waals surface area (Å²) in [6.07, 6.45) is 60.0. The van der Waals surface area contributed by atoms with Gasteiger partial charge in [0, 0.05) is 25.7 Å². The molecule has 3 N–H and O–H groups in total. The molecule has 0 fully saturated rings. The minimum absolute atomic E-state index is 0.104. The molecule has 0 rings (SSSR count). The van der Waals surface area contributed by atoms with Gasteiger partial charge in [-0.1, -0.05) is 370 Å². The van der Waals surface area contributed by atoms with E-state index >= 15 is 0 Å². The molecule has 0 aromatic heterocycles. The van der Waals surface area contributed by atoms with Crippen LogP contribution in [0.3, 0.4) is 0 Å². The summed E-state index contributed by atoms with van der Waals surface area (Å²) in [7, 11) is -9.92. The summed E-state index contributed by atoms with van der Waals surface area (Å²) in [6, 6.07) is 0. The molecule has 0 aromatic carbocycles. The van der Waals surface area contributed by atoms with Crippen molar-refractivity contribution in [2.45, 2.75) is 439 Å². The molecule has 0 spiro atoms. The second kappa shape index (κ2) is 71.3. The largest absolute Gasteiger partial charge is 0.472 e. The molecule has 0 amide bonds. The topological polar surface area (TPSA) is 237 Å². The maximum absolute atomic E-state index is 13.1. The van der Waals surface area contributed by atoms with Crippen molar-refractivity contribution in [2.24, 2.45) is 17.8 Å². The first kappa shape index (κ1) is 98.1. The van der Waals surface area contributed by atoms with E-state index in [0.29, 0.717) is 31.6 Å². The normalized spacial score (nSPS) is 14.2. The molecule has 0 saturated heterocycles. The Kier molecular flexibility index (Phi) is 69.9. The Morgan fingerprint density at radius 1 is 0.290 bits per heavy atom. The number of hydrogen-bond donors (Lipinski definition) is 3. The fourth-order valence-corrected chi connectivity index (χ4v) is 14.0. The molecule has 0 aliphatic rings. The minimum atomic E-state index is -4.96. The van der Waals surface area contributed by atoms with Crippen LogP contribution in [0.4, 0.5) is 0 Å². The van der Waals surface area contributed by atoms with Gasteiger partial charge in [-0.3, -0.25) is 37.3 Å². The molecule has 100 heavy (non-hydrogen) atoms. The lowest BCUT2D eigenvalue weighted by Crippen LogP contribution is -2.30. The molecule has 0 bridgehead atoms. The number of ether oxygens (including phenoxy) is 4. The van der Waals surface area contributed by atoms with E-state index < -0.39 is 97.5 Å². The van der Waals surface area contributed by atoms with Crippen LogP contribution < -0.4 is 0 Å². The maximum Gasteiger partial charge on any atom is 0.472 e. The van der Waals surface area contributed by atoms with Crippen LogP contribution in [0.15, 0.2) is 0 Å². The number of esters is 4. The summed E-state index contributed by atoms with van der Waals surface area (Å²) < 4.78 is 68.6. The van der Waals surface area contributed by atoms with E-state index in [1.54, 1.807) is 0 Å². The van der Waals surface area contributed by atoms with E-state index in [4.69, 9.17) is 37.0 Å². The van der Waals surface area contributed by atoms with Gasteiger partial charge >= 0.3 is 39.5 Å². The first-order chi connectivity index (χ1) is 48.3. The van der Waals surface area contributed by atoms with Crippen molar-refractivity contribution < 1.29 is 80.2 Å². The number of rotatable bonds is 79. The van der Waals surface area contributed by atoms with E-state index in [2.05, 4.69) is 48.5 Å². The summed E-state index contributed by atoms with van der Waals surface area (Å²) in [5.74, 6) is 0.146. The third kappa shape index (κ3) is 73.0. The van der Waals surface area contributed by atoms with Gasteiger partial charge < -0.3 is 33.8 Å². The van der Waals surface area contributed by atoms with Gasteiger partial charge in [0.15, 0.2) is 12.2 Å². The summed E-state index contributed by atoms with van der Waals surface area (Å²) in [6.45, 7) is 11.9. The van der Waals surface area contributed by atoms with Crippen LogP contribution in [-0.2, 0) is 65.4 Å². The second-order valence-corrected chi connectivity index (χ2v) is 33.3. The van der Waals surface area contributed by atoms with Gasteiger partial charge in [-0.15, -0.1) is 0 Å². The average molecular weight is 1470 g/mol. The summed E-state index contributed by atoms with van der Waals surface area (Å²) in [5.41, 5.74) is 0. The molecule has 19 heteroatoms. The van der Waals surface area contributed by atoms with E-state index in [-0.39, 0.29) is 25.7 Å². The van der Waals surface area contributed by atoms with E-state index in [0.717, 1.165) is 108 Å². The van der Waals surface area contributed by atoms with Gasteiger partial charge in [0.2, 0.25) is 0 Å². The molecular weight excluding hydrogens is 1310 g/mol. The fraction of sp³-hybridized carbons (Fsp3) is 0.951. The number of aliphatic hydroxyl groups excluding tert-OH is 1. The smallest absolute Gasteiger partial charge is 0.462 e. The predicted molar refractivity (Wildman–Crippen MR) is 409 cm³/mol. The maximum atomic E-state index is 13.1. The first-order valence-electron chi connectivity index (χ1n) is 41.9. The summed E-state index contributed by atoms with van der Waals surface area (Å²) in [4.78, 5) is 72.9. The molecule has 0 radical (unpaired) electrons. The zero-order valence-corrected chi connectivity index (χ0v) is 67.5. The molecule has 0 aliphatic heterocycles. The molecule has 0 aliphatic carbocycles. The molecule has 0 heterocycles. The average Bonchev–Trinajstić information content (AvgIpc) is 0.934. The Morgan fingerprint density at radius 3 is 0.760 bits per heavy atom. The lowest BCUT2D eigenvalue weighted by molar-refractivity contribution is -0.161. The Balaban J connectivity index is 5.21. The minimum Gasteiger partial charge on any atom is -0.462 e. The van der Waals surface area contributed by atoms with Crippen LogP contribution in [0.1, 0.15) is 421 Å². The van der Waals surface area contributed by atoms with E-state index in [1.165, 1.54) is 225 Å². The molecule has 0 saturated carbocycles. The lowest BCUT2D eigenvalue weighted by Gasteiger charge is -2.21. The van der Waals surface area contributed by atoms with Crippen LogP contribution in [-0.4, -0.2) is 96.7 Å². The molecule has 3 unspecified atom stereocenters. The van der Waals surface area contributed by atoms with Gasteiger partial charge in [-0.05, 0) is 43.4 Å². The van der Waals surface area contributed by atoms with Crippen molar-refractivity contribution >= 4 is 39.5 Å². The lowest BCUT2D eigenvalue weighted by atomic mass is 9.99.